The summed E-state index contributed by atoms with van der Waals surface area (Å²) < 4.78 is 40.8. The first-order chi connectivity index (χ1) is 14.4. The average molecular weight is 423 g/mol. The van der Waals surface area contributed by atoms with E-state index in [9.17, 15) is 13.2 Å². The Morgan fingerprint density at radius 2 is 1.47 bits per heavy atom. The largest absolute Gasteiger partial charge is 0.573 e. The molecule has 2 aliphatic carbocycles. The third kappa shape index (κ3) is 7.67. The number of ether oxygens (including phenoxy) is 1. The van der Waals surface area contributed by atoms with Crippen molar-refractivity contribution in [3.63, 3.8) is 0 Å². The third-order valence-corrected chi connectivity index (χ3v) is 7.17. The Hall–Kier alpha value is -1.45. The smallest absolute Gasteiger partial charge is 0.406 e. The summed E-state index contributed by atoms with van der Waals surface area (Å²) in [6, 6.07) is 6.45. The summed E-state index contributed by atoms with van der Waals surface area (Å²) in [6.07, 6.45) is 15.8. The SMILES string of the molecule is CCCC1CCC(CC/C=C/C2CCC(c3ccc(OC(F)(F)F)cc3)CC2)CC1. The van der Waals surface area contributed by atoms with Crippen LogP contribution < -0.4 is 4.74 Å². The van der Waals surface area contributed by atoms with Crippen LogP contribution in [0.4, 0.5) is 13.2 Å². The predicted octanol–water partition coefficient (Wildman–Crippen LogP) is 8.80. The molecule has 0 atom stereocenters. The zero-order valence-corrected chi connectivity index (χ0v) is 18.3. The van der Waals surface area contributed by atoms with Gasteiger partial charge in [-0.2, -0.15) is 0 Å². The van der Waals surface area contributed by atoms with Gasteiger partial charge in [-0.25, -0.2) is 0 Å². The lowest BCUT2D eigenvalue weighted by atomic mass is 9.77. The van der Waals surface area contributed by atoms with E-state index >= 15 is 0 Å². The molecule has 2 fully saturated rings. The molecule has 0 amide bonds. The Morgan fingerprint density at radius 3 is 2.03 bits per heavy atom. The molecule has 168 valence electrons. The summed E-state index contributed by atoms with van der Waals surface area (Å²) in [7, 11) is 0. The molecule has 2 saturated carbocycles. The number of alkyl halides is 3. The summed E-state index contributed by atoms with van der Waals surface area (Å²) in [5.41, 5.74) is 1.13. The fraction of sp³-hybridized carbons (Fsp3) is 0.692. The normalized spacial score (nSPS) is 28.0. The number of benzene rings is 1. The third-order valence-electron chi connectivity index (χ3n) is 7.17. The van der Waals surface area contributed by atoms with Crippen molar-refractivity contribution < 1.29 is 17.9 Å². The number of halogens is 3. The molecule has 0 aliphatic heterocycles. The standard InChI is InChI=1S/C26H37F3O/c1-2-5-20-8-10-21(11-9-20)6-3-4-7-22-12-14-23(15-13-22)24-16-18-25(19-17-24)30-26(27,28)29/h4,7,16-23H,2-3,5-6,8-15H2,1H3/b7-4+. The van der Waals surface area contributed by atoms with Crippen LogP contribution in [0.3, 0.4) is 0 Å². The second kappa shape index (κ2) is 11.2. The molecule has 0 spiro atoms. The highest BCUT2D eigenvalue weighted by molar-refractivity contribution is 5.30. The van der Waals surface area contributed by atoms with Gasteiger partial charge < -0.3 is 4.74 Å². The maximum atomic E-state index is 12.3. The predicted molar refractivity (Wildman–Crippen MR) is 117 cm³/mol. The maximum absolute atomic E-state index is 12.3. The van der Waals surface area contributed by atoms with Crippen molar-refractivity contribution in [2.24, 2.45) is 17.8 Å². The summed E-state index contributed by atoms with van der Waals surface area (Å²) in [5, 5.41) is 0. The van der Waals surface area contributed by atoms with Crippen LogP contribution in [0.2, 0.25) is 0 Å². The van der Waals surface area contributed by atoms with Crippen molar-refractivity contribution in [2.45, 2.75) is 96.3 Å². The molecular weight excluding hydrogens is 385 g/mol. The van der Waals surface area contributed by atoms with Gasteiger partial charge in [0.1, 0.15) is 5.75 Å². The highest BCUT2D eigenvalue weighted by Crippen LogP contribution is 2.38. The zero-order valence-electron chi connectivity index (χ0n) is 18.3. The van der Waals surface area contributed by atoms with Gasteiger partial charge in [0.05, 0.1) is 0 Å². The molecule has 1 aromatic carbocycles. The highest BCUT2D eigenvalue weighted by atomic mass is 19.4. The first-order valence-electron chi connectivity index (χ1n) is 11.9. The summed E-state index contributed by atoms with van der Waals surface area (Å²) in [4.78, 5) is 0. The molecule has 0 saturated heterocycles. The lowest BCUT2D eigenvalue weighted by molar-refractivity contribution is -0.274. The zero-order chi connectivity index (χ0) is 21.4. The molecule has 3 rings (SSSR count). The lowest BCUT2D eigenvalue weighted by Gasteiger charge is -2.28. The van der Waals surface area contributed by atoms with Crippen molar-refractivity contribution in [1.29, 1.82) is 0 Å². The monoisotopic (exact) mass is 422 g/mol. The molecule has 0 N–H and O–H groups in total. The van der Waals surface area contributed by atoms with Crippen LogP contribution in [0.25, 0.3) is 0 Å². The first kappa shape index (κ1) is 23.2. The number of allylic oxidation sites excluding steroid dienone is 2. The van der Waals surface area contributed by atoms with E-state index in [1.54, 1.807) is 12.1 Å². The van der Waals surface area contributed by atoms with Crippen LogP contribution in [0.5, 0.6) is 5.75 Å². The second-order valence-corrected chi connectivity index (χ2v) is 9.41. The molecule has 0 heterocycles. The van der Waals surface area contributed by atoms with Gasteiger partial charge in [-0.1, -0.05) is 69.7 Å². The van der Waals surface area contributed by atoms with Gasteiger partial charge in [0.25, 0.3) is 0 Å². The minimum absolute atomic E-state index is 0.137. The van der Waals surface area contributed by atoms with E-state index in [0.717, 1.165) is 30.2 Å². The van der Waals surface area contributed by atoms with Crippen LogP contribution in [-0.4, -0.2) is 6.36 Å². The summed E-state index contributed by atoms with van der Waals surface area (Å²) in [5.74, 6) is 2.90. The Morgan fingerprint density at radius 1 is 0.867 bits per heavy atom. The topological polar surface area (TPSA) is 9.23 Å². The molecule has 0 aromatic heterocycles. The van der Waals surface area contributed by atoms with Gasteiger partial charge in [-0.15, -0.1) is 13.2 Å². The molecule has 30 heavy (non-hydrogen) atoms. The molecule has 1 nitrogen and oxygen atoms in total. The fourth-order valence-electron chi connectivity index (χ4n) is 5.42. The molecule has 4 heteroatoms. The van der Waals surface area contributed by atoms with Crippen LogP contribution in [0, 0.1) is 17.8 Å². The minimum atomic E-state index is -4.62. The molecule has 2 aliphatic rings. The molecule has 0 bridgehead atoms. The van der Waals surface area contributed by atoms with E-state index in [-0.39, 0.29) is 5.75 Å². The van der Waals surface area contributed by atoms with Gasteiger partial charge >= 0.3 is 6.36 Å². The van der Waals surface area contributed by atoms with E-state index in [1.165, 1.54) is 76.3 Å². The van der Waals surface area contributed by atoms with E-state index in [4.69, 9.17) is 0 Å². The summed E-state index contributed by atoms with van der Waals surface area (Å²) in [6.45, 7) is 2.30. The van der Waals surface area contributed by atoms with Crippen LogP contribution in [0.15, 0.2) is 36.4 Å². The Kier molecular flexibility index (Phi) is 8.71. The van der Waals surface area contributed by atoms with E-state index < -0.39 is 6.36 Å². The Balaban J connectivity index is 1.33. The van der Waals surface area contributed by atoms with Gasteiger partial charge in [-0.3, -0.25) is 0 Å². The van der Waals surface area contributed by atoms with Gasteiger partial charge in [0.2, 0.25) is 0 Å². The number of rotatable bonds is 8. The molecular formula is C26H37F3O. The summed E-state index contributed by atoms with van der Waals surface area (Å²) >= 11 is 0. The number of hydrogen-bond donors (Lipinski definition) is 0. The fourth-order valence-corrected chi connectivity index (χ4v) is 5.42. The average Bonchev–Trinajstić information content (AvgIpc) is 2.73. The van der Waals surface area contributed by atoms with E-state index in [1.807, 2.05) is 0 Å². The van der Waals surface area contributed by atoms with Crippen LogP contribution in [0.1, 0.15) is 95.5 Å². The molecule has 0 radical (unpaired) electrons. The molecule has 0 unspecified atom stereocenters. The number of hydrogen-bond acceptors (Lipinski definition) is 1. The Bertz CT molecular complexity index is 633. The van der Waals surface area contributed by atoms with Crippen LogP contribution >= 0.6 is 0 Å². The van der Waals surface area contributed by atoms with Crippen molar-refractivity contribution in [3.8, 4) is 5.75 Å². The first-order valence-corrected chi connectivity index (χ1v) is 11.9. The maximum Gasteiger partial charge on any atom is 0.573 e. The second-order valence-electron chi connectivity index (χ2n) is 9.41. The van der Waals surface area contributed by atoms with Gasteiger partial charge in [0, 0.05) is 0 Å². The minimum Gasteiger partial charge on any atom is -0.406 e. The lowest BCUT2D eigenvalue weighted by Crippen LogP contribution is -2.17. The van der Waals surface area contributed by atoms with E-state index in [0.29, 0.717) is 11.8 Å². The van der Waals surface area contributed by atoms with Gasteiger partial charge in [-0.05, 0) is 79.9 Å². The van der Waals surface area contributed by atoms with Crippen molar-refractivity contribution in [3.05, 3.63) is 42.0 Å². The Labute approximate surface area is 180 Å². The molecule has 1 aromatic rings. The van der Waals surface area contributed by atoms with Crippen molar-refractivity contribution >= 4 is 0 Å². The van der Waals surface area contributed by atoms with Crippen molar-refractivity contribution in [1.82, 2.24) is 0 Å². The van der Waals surface area contributed by atoms with E-state index in [2.05, 4.69) is 23.8 Å². The van der Waals surface area contributed by atoms with Crippen LogP contribution in [-0.2, 0) is 0 Å². The van der Waals surface area contributed by atoms with Crippen molar-refractivity contribution in [2.75, 3.05) is 0 Å². The quantitative estimate of drug-likeness (QED) is 0.380. The highest BCUT2D eigenvalue weighted by Gasteiger charge is 2.31. The van der Waals surface area contributed by atoms with Gasteiger partial charge in [0.15, 0.2) is 0 Å².